The number of quaternary nitrogens is 1. The normalized spacial score (nSPS) is 12.4. The molecule has 0 fully saturated rings. The maximum Gasteiger partial charge on any atom is 0.189 e. The average Bonchev–Trinajstić information content (AvgIpc) is 1.72. The predicted molar refractivity (Wildman–Crippen MR) is 28.9 cm³/mol. The Morgan fingerprint density at radius 3 is 2.12 bits per heavy atom. The predicted octanol–water partition coefficient (Wildman–Crippen LogP) is -3.43. The van der Waals surface area contributed by atoms with Gasteiger partial charge in [0.1, 0.15) is 0 Å². The summed E-state index contributed by atoms with van der Waals surface area (Å²) in [5, 5.41) is 2.06. The van der Waals surface area contributed by atoms with Crippen molar-refractivity contribution in [2.75, 3.05) is 14.2 Å². The lowest BCUT2D eigenvalue weighted by molar-refractivity contribution is -0.702. The fourth-order valence-electron chi connectivity index (χ4n) is 0.538. The first-order valence-electron chi connectivity index (χ1n) is 2.67. The Bertz CT molecular complexity index is 33.9. The van der Waals surface area contributed by atoms with Gasteiger partial charge in [-0.25, -0.2) is 0 Å². The largest absolute Gasteiger partial charge is 1.00 e. The van der Waals surface area contributed by atoms with E-state index in [2.05, 4.69) is 12.2 Å². The molecule has 2 nitrogen and oxygen atoms in total. The molecule has 0 unspecified atom stereocenters. The van der Waals surface area contributed by atoms with Crippen LogP contribution < -0.4 is 17.7 Å². The van der Waals surface area contributed by atoms with Crippen molar-refractivity contribution in [2.45, 2.75) is 19.6 Å². The molecule has 0 saturated heterocycles. The van der Waals surface area contributed by atoms with Crippen LogP contribution in [0, 0.1) is 0 Å². The van der Waals surface area contributed by atoms with Gasteiger partial charge >= 0.3 is 0 Å². The van der Waals surface area contributed by atoms with E-state index in [9.17, 15) is 0 Å². The number of hydrogen-bond acceptors (Lipinski definition) is 1. The number of halogens is 1. The van der Waals surface area contributed by atoms with E-state index in [4.69, 9.17) is 4.74 Å². The smallest absolute Gasteiger partial charge is 0.189 e. The van der Waals surface area contributed by atoms with Gasteiger partial charge in [0.2, 0.25) is 0 Å². The van der Waals surface area contributed by atoms with Crippen LogP contribution in [-0.4, -0.2) is 20.4 Å². The summed E-state index contributed by atoms with van der Waals surface area (Å²) < 4.78 is 4.99. The molecule has 8 heavy (non-hydrogen) atoms. The zero-order valence-corrected chi connectivity index (χ0v) is 6.40. The van der Waals surface area contributed by atoms with Crippen molar-refractivity contribution in [3.05, 3.63) is 0 Å². The molecule has 0 heterocycles. The van der Waals surface area contributed by atoms with E-state index in [0.29, 0.717) is 6.23 Å². The van der Waals surface area contributed by atoms with E-state index in [1.165, 1.54) is 0 Å². The maximum absolute atomic E-state index is 4.99. The van der Waals surface area contributed by atoms with Gasteiger partial charge in [0.25, 0.3) is 0 Å². The fourth-order valence-corrected chi connectivity index (χ4v) is 0.538. The Hall–Kier alpha value is 0.210. The molecule has 0 saturated carbocycles. The van der Waals surface area contributed by atoms with Crippen LogP contribution in [0.2, 0.25) is 0 Å². The SMILES string of the molecule is CC[C@@H]([NH2+]C)OC.[Cl-]. The molecule has 0 rings (SSSR count). The highest BCUT2D eigenvalue weighted by Gasteiger charge is 1.99. The minimum absolute atomic E-state index is 0. The molecule has 0 aliphatic carbocycles. The average molecular weight is 140 g/mol. The van der Waals surface area contributed by atoms with Crippen LogP contribution in [0.4, 0.5) is 0 Å². The molecule has 0 amide bonds. The molecule has 0 bridgehead atoms. The Balaban J connectivity index is 0. The highest BCUT2D eigenvalue weighted by molar-refractivity contribution is 4.26. The van der Waals surface area contributed by atoms with Crippen molar-refractivity contribution in [1.82, 2.24) is 0 Å². The zero-order valence-electron chi connectivity index (χ0n) is 5.65. The van der Waals surface area contributed by atoms with Crippen LogP contribution in [0.5, 0.6) is 0 Å². The summed E-state index contributed by atoms with van der Waals surface area (Å²) in [5.41, 5.74) is 0. The molecule has 0 spiro atoms. The lowest BCUT2D eigenvalue weighted by atomic mass is 10.4. The fraction of sp³-hybridized carbons (Fsp3) is 1.00. The van der Waals surface area contributed by atoms with Gasteiger partial charge < -0.3 is 22.5 Å². The van der Waals surface area contributed by atoms with Crippen LogP contribution >= 0.6 is 0 Å². The summed E-state index contributed by atoms with van der Waals surface area (Å²) in [7, 11) is 3.74. The van der Waals surface area contributed by atoms with Gasteiger partial charge in [-0.15, -0.1) is 0 Å². The second kappa shape index (κ2) is 7.21. The molecular formula is C5H14ClNO. The van der Waals surface area contributed by atoms with Gasteiger partial charge in [0.15, 0.2) is 6.23 Å². The highest BCUT2D eigenvalue weighted by Crippen LogP contribution is 1.80. The summed E-state index contributed by atoms with van der Waals surface area (Å²) >= 11 is 0. The van der Waals surface area contributed by atoms with E-state index in [0.717, 1.165) is 6.42 Å². The van der Waals surface area contributed by atoms with Gasteiger partial charge in [-0.3, -0.25) is 0 Å². The van der Waals surface area contributed by atoms with E-state index in [1.807, 2.05) is 7.05 Å². The minimum atomic E-state index is 0. The molecule has 1 atom stereocenters. The molecule has 0 aliphatic heterocycles. The quantitative estimate of drug-likeness (QED) is 0.405. The number of ether oxygens (including phenoxy) is 1. The molecule has 0 aromatic heterocycles. The second-order valence-electron chi connectivity index (χ2n) is 1.52. The van der Waals surface area contributed by atoms with E-state index in [-0.39, 0.29) is 12.4 Å². The van der Waals surface area contributed by atoms with E-state index in [1.54, 1.807) is 7.11 Å². The second-order valence-corrected chi connectivity index (χ2v) is 1.52. The van der Waals surface area contributed by atoms with Crippen molar-refractivity contribution in [1.29, 1.82) is 0 Å². The van der Waals surface area contributed by atoms with Gasteiger partial charge in [0, 0.05) is 13.5 Å². The van der Waals surface area contributed by atoms with Crippen LogP contribution in [0.3, 0.4) is 0 Å². The monoisotopic (exact) mass is 139 g/mol. The summed E-state index contributed by atoms with van der Waals surface area (Å²) in [4.78, 5) is 0. The molecule has 2 N–H and O–H groups in total. The van der Waals surface area contributed by atoms with Gasteiger partial charge in [-0.1, -0.05) is 6.92 Å². The minimum Gasteiger partial charge on any atom is -1.00 e. The molecule has 0 aromatic carbocycles. The summed E-state index contributed by atoms with van der Waals surface area (Å²) in [5.74, 6) is 0. The molecule has 0 aliphatic rings. The summed E-state index contributed by atoms with van der Waals surface area (Å²) in [6.45, 7) is 2.11. The van der Waals surface area contributed by atoms with Gasteiger partial charge in [0.05, 0.1) is 7.05 Å². The van der Waals surface area contributed by atoms with Crippen molar-refractivity contribution in [3.63, 3.8) is 0 Å². The number of methoxy groups -OCH3 is 1. The van der Waals surface area contributed by atoms with Crippen LogP contribution in [0.1, 0.15) is 13.3 Å². The topological polar surface area (TPSA) is 25.8 Å². The van der Waals surface area contributed by atoms with Crippen molar-refractivity contribution >= 4 is 0 Å². The number of rotatable bonds is 3. The first kappa shape index (κ1) is 11.1. The number of nitrogens with two attached hydrogens (primary N) is 1. The third-order valence-electron chi connectivity index (χ3n) is 1.08. The summed E-state index contributed by atoms with van der Waals surface area (Å²) in [6.07, 6.45) is 1.44. The molecule has 0 aromatic rings. The third-order valence-corrected chi connectivity index (χ3v) is 1.08. The van der Waals surface area contributed by atoms with Crippen LogP contribution in [0.15, 0.2) is 0 Å². The molecule has 3 heteroatoms. The Morgan fingerprint density at radius 2 is 2.12 bits per heavy atom. The van der Waals surface area contributed by atoms with Crippen LogP contribution in [0.25, 0.3) is 0 Å². The number of hydrogen-bond donors (Lipinski definition) is 1. The van der Waals surface area contributed by atoms with Crippen LogP contribution in [-0.2, 0) is 4.74 Å². The Morgan fingerprint density at radius 1 is 1.62 bits per heavy atom. The first-order chi connectivity index (χ1) is 3.35. The Labute approximate surface area is 57.0 Å². The maximum atomic E-state index is 4.99. The van der Waals surface area contributed by atoms with Crippen molar-refractivity contribution < 1.29 is 22.5 Å². The zero-order chi connectivity index (χ0) is 5.70. The van der Waals surface area contributed by atoms with Crippen molar-refractivity contribution in [2.24, 2.45) is 0 Å². The lowest BCUT2D eigenvalue weighted by Gasteiger charge is -2.05. The first-order valence-corrected chi connectivity index (χ1v) is 2.67. The lowest BCUT2D eigenvalue weighted by Crippen LogP contribution is -3.00. The Kier molecular flexibility index (Phi) is 9.97. The van der Waals surface area contributed by atoms with Crippen molar-refractivity contribution in [3.8, 4) is 0 Å². The molecule has 0 radical (unpaired) electrons. The third kappa shape index (κ3) is 4.37. The highest BCUT2D eigenvalue weighted by atomic mass is 35.5. The van der Waals surface area contributed by atoms with Gasteiger partial charge in [-0.2, -0.15) is 0 Å². The molecular weight excluding hydrogens is 126 g/mol. The summed E-state index contributed by atoms with van der Waals surface area (Å²) in [6, 6.07) is 0. The van der Waals surface area contributed by atoms with E-state index < -0.39 is 0 Å². The van der Waals surface area contributed by atoms with E-state index >= 15 is 0 Å². The molecule has 52 valence electrons. The van der Waals surface area contributed by atoms with Gasteiger partial charge in [-0.05, 0) is 0 Å². The standard InChI is InChI=1S/C5H13NO.ClH/c1-4-5(6-2)7-3;/h5-6H,4H2,1-3H3;1H/t5-;/m0./s1.